The van der Waals surface area contributed by atoms with Crippen LogP contribution in [0.2, 0.25) is 0 Å². The van der Waals surface area contributed by atoms with Crippen molar-refractivity contribution in [1.82, 2.24) is 9.88 Å². The van der Waals surface area contributed by atoms with E-state index in [-0.39, 0.29) is 6.09 Å². The molecule has 28 heavy (non-hydrogen) atoms. The fourth-order valence-electron chi connectivity index (χ4n) is 3.01. The second kappa shape index (κ2) is 8.17. The van der Waals surface area contributed by atoms with Gasteiger partial charge in [0.1, 0.15) is 11.4 Å². The molecule has 2 heterocycles. The highest BCUT2D eigenvalue weighted by Gasteiger charge is 2.26. The van der Waals surface area contributed by atoms with Crippen LogP contribution < -0.4 is 10.2 Å². The summed E-state index contributed by atoms with van der Waals surface area (Å²) in [5.74, 6) is 0.714. The Bertz CT molecular complexity index is 863. The van der Waals surface area contributed by atoms with Crippen LogP contribution >= 0.6 is 0 Å². The SMILES string of the molecule is CC(C)(C)OC(=O)N1CCN(c2ccc(C#N)cc2Nc2ccccn2)CC1. The van der Waals surface area contributed by atoms with Crippen LogP contribution in [0.25, 0.3) is 0 Å². The number of pyridine rings is 1. The van der Waals surface area contributed by atoms with E-state index in [2.05, 4.69) is 21.3 Å². The third-order valence-corrected chi connectivity index (χ3v) is 4.33. The number of hydrogen-bond acceptors (Lipinski definition) is 6. The molecule has 1 aromatic carbocycles. The molecule has 0 spiro atoms. The first-order chi connectivity index (χ1) is 13.4. The zero-order valence-electron chi connectivity index (χ0n) is 16.5. The van der Waals surface area contributed by atoms with Crippen molar-refractivity contribution in [3.63, 3.8) is 0 Å². The van der Waals surface area contributed by atoms with E-state index in [4.69, 9.17) is 4.74 Å². The van der Waals surface area contributed by atoms with Crippen molar-refractivity contribution in [3.8, 4) is 6.07 Å². The first-order valence-electron chi connectivity index (χ1n) is 9.31. The minimum atomic E-state index is -0.499. The monoisotopic (exact) mass is 379 g/mol. The van der Waals surface area contributed by atoms with Crippen LogP contribution in [0.5, 0.6) is 0 Å². The van der Waals surface area contributed by atoms with Gasteiger partial charge in [0, 0.05) is 32.4 Å². The molecule has 1 amide bonds. The lowest BCUT2D eigenvalue weighted by molar-refractivity contribution is 0.0240. The van der Waals surface area contributed by atoms with Gasteiger partial charge in [0.25, 0.3) is 0 Å². The number of piperazine rings is 1. The van der Waals surface area contributed by atoms with E-state index in [0.29, 0.717) is 37.6 Å². The van der Waals surface area contributed by atoms with Gasteiger partial charge >= 0.3 is 6.09 Å². The van der Waals surface area contributed by atoms with Crippen LogP contribution in [0, 0.1) is 11.3 Å². The van der Waals surface area contributed by atoms with Crippen LogP contribution in [0.1, 0.15) is 26.3 Å². The summed E-state index contributed by atoms with van der Waals surface area (Å²) in [5.41, 5.74) is 1.88. The number of ether oxygens (including phenoxy) is 1. The highest BCUT2D eigenvalue weighted by Crippen LogP contribution is 2.30. The second-order valence-corrected chi connectivity index (χ2v) is 7.64. The molecule has 7 heteroatoms. The molecule has 3 rings (SSSR count). The van der Waals surface area contributed by atoms with Crippen LogP contribution in [-0.2, 0) is 4.74 Å². The number of aromatic nitrogens is 1. The van der Waals surface area contributed by atoms with Crippen molar-refractivity contribution in [2.75, 3.05) is 36.4 Å². The van der Waals surface area contributed by atoms with E-state index in [0.717, 1.165) is 11.4 Å². The van der Waals surface area contributed by atoms with E-state index in [1.165, 1.54) is 0 Å². The molecule has 1 saturated heterocycles. The van der Waals surface area contributed by atoms with Crippen LogP contribution in [-0.4, -0.2) is 47.8 Å². The molecule has 1 fully saturated rings. The predicted molar refractivity (Wildman–Crippen MR) is 109 cm³/mol. The molecule has 0 bridgehead atoms. The molecular formula is C21H25N5O2. The van der Waals surface area contributed by atoms with E-state index in [1.54, 1.807) is 17.2 Å². The summed E-state index contributed by atoms with van der Waals surface area (Å²) < 4.78 is 5.46. The lowest BCUT2D eigenvalue weighted by Crippen LogP contribution is -2.50. The molecule has 0 atom stereocenters. The Morgan fingerprint density at radius 1 is 1.18 bits per heavy atom. The number of nitrogens with zero attached hydrogens (tertiary/aromatic N) is 4. The topological polar surface area (TPSA) is 81.5 Å². The molecule has 0 aliphatic carbocycles. The first kappa shape index (κ1) is 19.5. The number of hydrogen-bond donors (Lipinski definition) is 1. The number of rotatable bonds is 3. The number of carbonyl (C=O) groups excluding carboxylic acids is 1. The standard InChI is InChI=1S/C21H25N5O2/c1-21(2,3)28-20(27)26-12-10-25(11-13-26)18-8-7-16(15-22)14-17(18)24-19-6-4-5-9-23-19/h4-9,14H,10-13H2,1-3H3,(H,23,24). The largest absolute Gasteiger partial charge is 0.444 e. The normalized spacial score (nSPS) is 14.4. The highest BCUT2D eigenvalue weighted by atomic mass is 16.6. The molecule has 1 aliphatic rings. The van der Waals surface area contributed by atoms with Gasteiger partial charge in [-0.05, 0) is 51.1 Å². The Morgan fingerprint density at radius 2 is 1.93 bits per heavy atom. The Balaban J connectivity index is 1.74. The average Bonchev–Trinajstić information content (AvgIpc) is 2.67. The molecule has 2 aromatic rings. The molecule has 0 unspecified atom stereocenters. The van der Waals surface area contributed by atoms with Gasteiger partial charge in [-0.3, -0.25) is 0 Å². The van der Waals surface area contributed by atoms with Gasteiger partial charge in [0.2, 0.25) is 0 Å². The summed E-state index contributed by atoms with van der Waals surface area (Å²) in [6.07, 6.45) is 1.44. The second-order valence-electron chi connectivity index (χ2n) is 7.64. The van der Waals surface area contributed by atoms with Gasteiger partial charge < -0.3 is 19.9 Å². The molecule has 7 nitrogen and oxygen atoms in total. The number of anilines is 3. The quantitative estimate of drug-likeness (QED) is 0.875. The molecular weight excluding hydrogens is 354 g/mol. The Morgan fingerprint density at radius 3 is 2.54 bits per heavy atom. The minimum Gasteiger partial charge on any atom is -0.444 e. The maximum atomic E-state index is 12.3. The summed E-state index contributed by atoms with van der Waals surface area (Å²) in [5, 5.41) is 12.6. The molecule has 0 radical (unpaired) electrons. The summed E-state index contributed by atoms with van der Waals surface area (Å²) in [7, 11) is 0. The summed E-state index contributed by atoms with van der Waals surface area (Å²) in [4.78, 5) is 20.5. The minimum absolute atomic E-state index is 0.279. The number of amides is 1. The highest BCUT2D eigenvalue weighted by molar-refractivity contribution is 5.76. The summed E-state index contributed by atoms with van der Waals surface area (Å²) in [6, 6.07) is 13.4. The number of nitrogens with one attached hydrogen (secondary N) is 1. The number of nitriles is 1. The molecule has 1 aliphatic heterocycles. The van der Waals surface area contributed by atoms with Gasteiger partial charge in [-0.15, -0.1) is 0 Å². The van der Waals surface area contributed by atoms with Crippen LogP contribution in [0.4, 0.5) is 22.0 Å². The van der Waals surface area contributed by atoms with Gasteiger partial charge in [-0.25, -0.2) is 9.78 Å². The van der Waals surface area contributed by atoms with Crippen molar-refractivity contribution >= 4 is 23.3 Å². The van der Waals surface area contributed by atoms with Gasteiger partial charge in [0.05, 0.1) is 23.0 Å². The Labute approximate surface area is 165 Å². The zero-order valence-corrected chi connectivity index (χ0v) is 16.5. The number of benzene rings is 1. The molecule has 1 aromatic heterocycles. The van der Waals surface area contributed by atoms with Crippen LogP contribution in [0.3, 0.4) is 0 Å². The van der Waals surface area contributed by atoms with Gasteiger partial charge in [-0.2, -0.15) is 5.26 Å². The Hall–Kier alpha value is -3.27. The van der Waals surface area contributed by atoms with Crippen molar-refractivity contribution in [2.45, 2.75) is 26.4 Å². The summed E-state index contributed by atoms with van der Waals surface area (Å²) >= 11 is 0. The maximum absolute atomic E-state index is 12.3. The van der Waals surface area contributed by atoms with Gasteiger partial charge in [-0.1, -0.05) is 6.07 Å². The number of carbonyl (C=O) groups is 1. The van der Waals surface area contributed by atoms with Crippen molar-refractivity contribution in [2.24, 2.45) is 0 Å². The van der Waals surface area contributed by atoms with Crippen LogP contribution in [0.15, 0.2) is 42.6 Å². The van der Waals surface area contributed by atoms with E-state index >= 15 is 0 Å². The fraction of sp³-hybridized carbons (Fsp3) is 0.381. The zero-order chi connectivity index (χ0) is 20.1. The van der Waals surface area contributed by atoms with E-state index < -0.39 is 5.60 Å². The summed E-state index contributed by atoms with van der Waals surface area (Å²) in [6.45, 7) is 8.13. The average molecular weight is 379 g/mol. The van der Waals surface area contributed by atoms with Crippen molar-refractivity contribution < 1.29 is 9.53 Å². The third-order valence-electron chi connectivity index (χ3n) is 4.33. The van der Waals surface area contributed by atoms with Crippen molar-refractivity contribution in [3.05, 3.63) is 48.2 Å². The lowest BCUT2D eigenvalue weighted by Gasteiger charge is -2.37. The first-order valence-corrected chi connectivity index (χ1v) is 9.31. The van der Waals surface area contributed by atoms with E-state index in [1.807, 2.05) is 51.1 Å². The third kappa shape index (κ3) is 4.92. The van der Waals surface area contributed by atoms with Crippen molar-refractivity contribution in [1.29, 1.82) is 5.26 Å². The molecule has 0 saturated carbocycles. The van der Waals surface area contributed by atoms with Gasteiger partial charge in [0.15, 0.2) is 0 Å². The Kier molecular flexibility index (Phi) is 5.69. The lowest BCUT2D eigenvalue weighted by atomic mass is 10.1. The molecule has 1 N–H and O–H groups in total. The predicted octanol–water partition coefficient (Wildman–Crippen LogP) is 3.75. The van der Waals surface area contributed by atoms with E-state index in [9.17, 15) is 10.1 Å². The smallest absolute Gasteiger partial charge is 0.410 e. The maximum Gasteiger partial charge on any atom is 0.410 e. The fourth-order valence-corrected chi connectivity index (χ4v) is 3.01. The molecule has 146 valence electrons.